The van der Waals surface area contributed by atoms with Crippen molar-refractivity contribution in [3.63, 3.8) is 0 Å². The second kappa shape index (κ2) is 5.17. The minimum absolute atomic E-state index is 0.372. The smallest absolute Gasteiger partial charge is 0.119 e. The lowest BCUT2D eigenvalue weighted by Gasteiger charge is -2.14. The van der Waals surface area contributed by atoms with Gasteiger partial charge in [-0.2, -0.15) is 0 Å². The monoisotopic (exact) mass is 204 g/mol. The summed E-state index contributed by atoms with van der Waals surface area (Å²) in [6, 6.07) is 10.7. The zero-order chi connectivity index (χ0) is 10.5. The largest absolute Gasteiger partial charge is 0.490 e. The van der Waals surface area contributed by atoms with E-state index < -0.39 is 0 Å². The van der Waals surface area contributed by atoms with Crippen LogP contribution >= 0.6 is 0 Å². The van der Waals surface area contributed by atoms with Crippen LogP contribution in [0.25, 0.3) is 0 Å². The van der Waals surface area contributed by atoms with Gasteiger partial charge in [-0.15, -0.1) is 0 Å². The number of hydrogen-bond acceptors (Lipinski definition) is 2. The molecule has 0 bridgehead atoms. The summed E-state index contributed by atoms with van der Waals surface area (Å²) in [5, 5.41) is 3.37. The van der Waals surface area contributed by atoms with Crippen molar-refractivity contribution in [2.24, 2.45) is 0 Å². The summed E-state index contributed by atoms with van der Waals surface area (Å²) in [6.07, 6.45) is 3.82. The van der Waals surface area contributed by atoms with Crippen LogP contribution in [0.5, 0.6) is 5.75 Å². The van der Waals surface area contributed by atoms with E-state index >= 15 is 0 Å². The normalized spacial score (nSPS) is 25.4. The molecule has 81 valence electrons. The fourth-order valence-corrected chi connectivity index (χ4v) is 2.13. The highest BCUT2D eigenvalue weighted by Gasteiger charge is 2.25. The molecule has 2 atom stereocenters. The van der Waals surface area contributed by atoms with Gasteiger partial charge in [-0.25, -0.2) is 0 Å². The Bertz CT molecular complexity index is 286. The van der Waals surface area contributed by atoms with Gasteiger partial charge in [0.1, 0.15) is 11.9 Å². The van der Waals surface area contributed by atoms with Crippen LogP contribution in [0.1, 0.15) is 19.3 Å². The SMILES string of the molecule is [CH2]CNC1CCC(Oc2ccccc2)C1. The molecule has 1 saturated carbocycles. The maximum absolute atomic E-state index is 5.89. The van der Waals surface area contributed by atoms with Gasteiger partial charge in [-0.05, 0) is 44.9 Å². The first-order chi connectivity index (χ1) is 7.38. The van der Waals surface area contributed by atoms with Crippen LogP contribution in [0.4, 0.5) is 0 Å². The molecule has 2 nitrogen and oxygen atoms in total. The molecule has 1 radical (unpaired) electrons. The molecule has 15 heavy (non-hydrogen) atoms. The topological polar surface area (TPSA) is 21.3 Å². The van der Waals surface area contributed by atoms with E-state index in [1.807, 2.05) is 30.3 Å². The number of ether oxygens (including phenoxy) is 1. The van der Waals surface area contributed by atoms with Crippen LogP contribution in [0.15, 0.2) is 30.3 Å². The van der Waals surface area contributed by atoms with Crippen LogP contribution in [-0.2, 0) is 0 Å². The minimum atomic E-state index is 0.372. The van der Waals surface area contributed by atoms with Crippen molar-refractivity contribution in [3.05, 3.63) is 37.3 Å². The molecule has 1 aliphatic carbocycles. The molecule has 0 spiro atoms. The van der Waals surface area contributed by atoms with Gasteiger partial charge >= 0.3 is 0 Å². The molecule has 0 amide bonds. The van der Waals surface area contributed by atoms with Crippen molar-refractivity contribution in [1.29, 1.82) is 0 Å². The van der Waals surface area contributed by atoms with E-state index in [9.17, 15) is 0 Å². The first-order valence-electron chi connectivity index (χ1n) is 5.63. The number of para-hydroxylation sites is 1. The second-order valence-corrected chi connectivity index (χ2v) is 4.02. The molecule has 0 aliphatic heterocycles. The molecule has 1 fully saturated rings. The summed E-state index contributed by atoms with van der Waals surface area (Å²) >= 11 is 0. The Balaban J connectivity index is 1.82. The Morgan fingerprint density at radius 2 is 2.07 bits per heavy atom. The molecule has 0 heterocycles. The van der Waals surface area contributed by atoms with E-state index in [1.165, 1.54) is 6.42 Å². The van der Waals surface area contributed by atoms with E-state index in [0.717, 1.165) is 25.1 Å². The average molecular weight is 204 g/mol. The third kappa shape index (κ3) is 2.96. The quantitative estimate of drug-likeness (QED) is 0.813. The molecule has 0 saturated heterocycles. The first-order valence-corrected chi connectivity index (χ1v) is 5.63. The van der Waals surface area contributed by atoms with E-state index in [0.29, 0.717) is 12.1 Å². The summed E-state index contributed by atoms with van der Waals surface area (Å²) in [7, 11) is 0. The first kappa shape index (κ1) is 10.5. The molecular weight excluding hydrogens is 186 g/mol. The van der Waals surface area contributed by atoms with Crippen LogP contribution in [0, 0.1) is 6.92 Å². The lowest BCUT2D eigenvalue weighted by molar-refractivity contribution is 0.206. The maximum Gasteiger partial charge on any atom is 0.119 e. The standard InChI is InChI=1S/C13H18NO/c1-2-14-11-8-9-13(10-11)15-12-6-4-3-5-7-12/h3-7,11,13-14H,1-2,8-10H2. The molecule has 2 unspecified atom stereocenters. The Hall–Kier alpha value is -1.02. The van der Waals surface area contributed by atoms with Crippen molar-refractivity contribution >= 4 is 0 Å². The predicted molar refractivity (Wildman–Crippen MR) is 61.9 cm³/mol. The summed E-state index contributed by atoms with van der Waals surface area (Å²) in [5.41, 5.74) is 0. The zero-order valence-electron chi connectivity index (χ0n) is 8.99. The van der Waals surface area contributed by atoms with Gasteiger partial charge < -0.3 is 10.1 Å². The molecule has 1 N–H and O–H groups in total. The number of rotatable bonds is 4. The van der Waals surface area contributed by atoms with E-state index in [4.69, 9.17) is 4.74 Å². The van der Waals surface area contributed by atoms with Crippen molar-refractivity contribution in [2.75, 3.05) is 6.54 Å². The Morgan fingerprint density at radius 3 is 2.80 bits per heavy atom. The summed E-state index contributed by atoms with van der Waals surface area (Å²) < 4.78 is 5.89. The van der Waals surface area contributed by atoms with Crippen LogP contribution < -0.4 is 10.1 Å². The lowest BCUT2D eigenvalue weighted by atomic mass is 10.2. The van der Waals surface area contributed by atoms with Gasteiger partial charge in [-0.1, -0.05) is 18.2 Å². The van der Waals surface area contributed by atoms with Gasteiger partial charge in [-0.3, -0.25) is 0 Å². The molecular formula is C13H18NO. The minimum Gasteiger partial charge on any atom is -0.490 e. The van der Waals surface area contributed by atoms with E-state index in [2.05, 4.69) is 12.2 Å². The Kier molecular flexibility index (Phi) is 3.62. The van der Waals surface area contributed by atoms with Crippen molar-refractivity contribution in [3.8, 4) is 5.75 Å². The van der Waals surface area contributed by atoms with Gasteiger partial charge in [0.05, 0.1) is 0 Å². The summed E-state index contributed by atoms with van der Waals surface area (Å²) in [4.78, 5) is 0. The molecule has 1 aromatic rings. The number of benzene rings is 1. The van der Waals surface area contributed by atoms with Crippen LogP contribution in [-0.4, -0.2) is 18.7 Å². The predicted octanol–water partition coefficient (Wildman–Crippen LogP) is 2.41. The van der Waals surface area contributed by atoms with Crippen molar-refractivity contribution in [2.45, 2.75) is 31.4 Å². The molecule has 1 aromatic carbocycles. The Morgan fingerprint density at radius 1 is 1.27 bits per heavy atom. The highest BCUT2D eigenvalue weighted by molar-refractivity contribution is 5.21. The van der Waals surface area contributed by atoms with Gasteiger partial charge in [0, 0.05) is 6.04 Å². The van der Waals surface area contributed by atoms with E-state index in [-0.39, 0.29) is 0 Å². The van der Waals surface area contributed by atoms with Crippen LogP contribution in [0.2, 0.25) is 0 Å². The highest BCUT2D eigenvalue weighted by Crippen LogP contribution is 2.24. The van der Waals surface area contributed by atoms with E-state index in [1.54, 1.807) is 0 Å². The summed E-state index contributed by atoms with van der Waals surface area (Å²) in [5.74, 6) is 0.984. The molecule has 2 rings (SSSR count). The van der Waals surface area contributed by atoms with Crippen LogP contribution in [0.3, 0.4) is 0 Å². The number of nitrogens with one attached hydrogen (secondary N) is 1. The Labute approximate surface area is 91.6 Å². The molecule has 2 heteroatoms. The molecule has 1 aliphatic rings. The fourth-order valence-electron chi connectivity index (χ4n) is 2.13. The second-order valence-electron chi connectivity index (χ2n) is 4.02. The highest BCUT2D eigenvalue weighted by atomic mass is 16.5. The third-order valence-electron chi connectivity index (χ3n) is 2.86. The zero-order valence-corrected chi connectivity index (χ0v) is 8.99. The maximum atomic E-state index is 5.89. The van der Waals surface area contributed by atoms with Crippen molar-refractivity contribution < 1.29 is 4.74 Å². The average Bonchev–Trinajstić information content (AvgIpc) is 2.68. The van der Waals surface area contributed by atoms with Gasteiger partial charge in [0.15, 0.2) is 0 Å². The number of hydrogen-bond donors (Lipinski definition) is 1. The lowest BCUT2D eigenvalue weighted by Crippen LogP contribution is -2.27. The van der Waals surface area contributed by atoms with Gasteiger partial charge in [0.25, 0.3) is 0 Å². The van der Waals surface area contributed by atoms with Crippen molar-refractivity contribution in [1.82, 2.24) is 5.32 Å². The molecule has 0 aromatic heterocycles. The summed E-state index contributed by atoms with van der Waals surface area (Å²) in [6.45, 7) is 4.61. The third-order valence-corrected chi connectivity index (χ3v) is 2.86. The fraction of sp³-hybridized carbons (Fsp3) is 0.462. The van der Waals surface area contributed by atoms with Gasteiger partial charge in [0.2, 0.25) is 0 Å².